The molecule has 0 saturated heterocycles. The lowest BCUT2D eigenvalue weighted by atomic mass is 9.99. The third-order valence-corrected chi connectivity index (χ3v) is 5.32. The van der Waals surface area contributed by atoms with Crippen molar-refractivity contribution in [3.8, 4) is 0 Å². The number of benzene rings is 3. The number of carbonyl (C=O) groups is 2. The van der Waals surface area contributed by atoms with E-state index in [2.05, 4.69) is 61.7 Å². The van der Waals surface area contributed by atoms with Gasteiger partial charge >= 0.3 is 11.9 Å². The standard InChI is InChI=1S/C30H30O4/c1-21(2)29(31)33-19-27-13-9-25(10-14-27)17-23-5-7-24(8-6-23)18-26-11-15-28(16-12-26)20-34-30(32)22(3)4/h5-16H,1,3,17-20H2,2,4H3. The van der Waals surface area contributed by atoms with E-state index in [9.17, 15) is 9.59 Å². The highest BCUT2D eigenvalue weighted by atomic mass is 16.5. The van der Waals surface area contributed by atoms with E-state index in [0.29, 0.717) is 11.1 Å². The molecule has 0 radical (unpaired) electrons. The molecule has 0 unspecified atom stereocenters. The third kappa shape index (κ3) is 7.59. The minimum absolute atomic E-state index is 0.251. The Labute approximate surface area is 201 Å². The third-order valence-electron chi connectivity index (χ3n) is 5.32. The number of hydrogen-bond acceptors (Lipinski definition) is 4. The van der Waals surface area contributed by atoms with Crippen LogP contribution < -0.4 is 0 Å². The Morgan fingerprint density at radius 3 is 1.00 bits per heavy atom. The Kier molecular flexibility index (Phi) is 8.58. The lowest BCUT2D eigenvalue weighted by Gasteiger charge is -2.08. The van der Waals surface area contributed by atoms with Crippen molar-refractivity contribution in [2.45, 2.75) is 39.9 Å². The van der Waals surface area contributed by atoms with Crippen LogP contribution in [0.15, 0.2) is 97.1 Å². The highest BCUT2D eigenvalue weighted by Gasteiger charge is 2.06. The van der Waals surface area contributed by atoms with Gasteiger partial charge in [0.1, 0.15) is 13.2 Å². The van der Waals surface area contributed by atoms with Crippen molar-refractivity contribution in [1.29, 1.82) is 0 Å². The van der Waals surface area contributed by atoms with E-state index in [1.807, 2.05) is 24.3 Å². The molecule has 3 aromatic carbocycles. The van der Waals surface area contributed by atoms with Gasteiger partial charge in [-0.25, -0.2) is 9.59 Å². The molecule has 0 N–H and O–H groups in total. The van der Waals surface area contributed by atoms with Gasteiger partial charge in [0.25, 0.3) is 0 Å². The Morgan fingerprint density at radius 1 is 0.529 bits per heavy atom. The van der Waals surface area contributed by atoms with Gasteiger partial charge in [0, 0.05) is 11.1 Å². The van der Waals surface area contributed by atoms with Gasteiger partial charge in [-0.3, -0.25) is 0 Å². The van der Waals surface area contributed by atoms with Gasteiger partial charge in [-0.15, -0.1) is 0 Å². The Hall–Kier alpha value is -3.92. The van der Waals surface area contributed by atoms with E-state index < -0.39 is 0 Å². The van der Waals surface area contributed by atoms with Crippen LogP contribution in [-0.2, 0) is 45.1 Å². The Balaban J connectivity index is 1.50. The summed E-state index contributed by atoms with van der Waals surface area (Å²) < 4.78 is 10.4. The summed E-state index contributed by atoms with van der Waals surface area (Å²) in [6.45, 7) is 11.0. The van der Waals surface area contributed by atoms with Crippen LogP contribution in [0.3, 0.4) is 0 Å². The van der Waals surface area contributed by atoms with Gasteiger partial charge in [0.15, 0.2) is 0 Å². The van der Waals surface area contributed by atoms with Gasteiger partial charge in [0.2, 0.25) is 0 Å². The van der Waals surface area contributed by atoms with Crippen molar-refractivity contribution in [3.63, 3.8) is 0 Å². The van der Waals surface area contributed by atoms with Crippen LogP contribution in [0.4, 0.5) is 0 Å². The molecule has 0 saturated carbocycles. The summed E-state index contributed by atoms with van der Waals surface area (Å²) in [5, 5.41) is 0. The average molecular weight is 455 g/mol. The molecule has 3 rings (SSSR count). The minimum Gasteiger partial charge on any atom is -0.457 e. The van der Waals surface area contributed by atoms with E-state index in [1.54, 1.807) is 13.8 Å². The van der Waals surface area contributed by atoms with Crippen molar-refractivity contribution < 1.29 is 19.1 Å². The van der Waals surface area contributed by atoms with Crippen LogP contribution in [0.5, 0.6) is 0 Å². The second-order valence-corrected chi connectivity index (χ2v) is 8.52. The van der Waals surface area contributed by atoms with E-state index >= 15 is 0 Å². The van der Waals surface area contributed by atoms with Gasteiger partial charge < -0.3 is 9.47 Å². The van der Waals surface area contributed by atoms with Crippen LogP contribution >= 0.6 is 0 Å². The average Bonchev–Trinajstić information content (AvgIpc) is 2.83. The summed E-state index contributed by atoms with van der Waals surface area (Å²) in [4.78, 5) is 23.0. The van der Waals surface area contributed by atoms with E-state index in [0.717, 1.165) is 24.0 Å². The van der Waals surface area contributed by atoms with Crippen LogP contribution in [-0.4, -0.2) is 11.9 Å². The van der Waals surface area contributed by atoms with Gasteiger partial charge in [-0.2, -0.15) is 0 Å². The summed E-state index contributed by atoms with van der Waals surface area (Å²) in [6.07, 6.45) is 1.67. The molecule has 0 aromatic heterocycles. The molecule has 4 heteroatoms. The first-order valence-electron chi connectivity index (χ1n) is 11.2. The first-order chi connectivity index (χ1) is 16.3. The topological polar surface area (TPSA) is 52.6 Å². The zero-order chi connectivity index (χ0) is 24.5. The number of carbonyl (C=O) groups excluding carboxylic acids is 2. The molecule has 34 heavy (non-hydrogen) atoms. The molecule has 0 aliphatic heterocycles. The summed E-state index contributed by atoms with van der Waals surface area (Å²) in [5.74, 6) is -0.742. The molecule has 3 aromatic rings. The molecule has 174 valence electrons. The van der Waals surface area contributed by atoms with Crippen molar-refractivity contribution >= 4 is 11.9 Å². The first-order valence-corrected chi connectivity index (χ1v) is 11.2. The maximum absolute atomic E-state index is 11.5. The molecular weight excluding hydrogens is 424 g/mol. The van der Waals surface area contributed by atoms with E-state index in [1.165, 1.54) is 22.3 Å². The number of esters is 2. The summed E-state index contributed by atoms with van der Waals surface area (Å²) >= 11 is 0. The van der Waals surface area contributed by atoms with Gasteiger partial charge in [-0.05, 0) is 60.1 Å². The predicted octanol–water partition coefficient (Wildman–Crippen LogP) is 6.11. The Bertz CT molecular complexity index is 1060. The molecule has 0 amide bonds. The second kappa shape index (κ2) is 11.8. The van der Waals surface area contributed by atoms with E-state index in [4.69, 9.17) is 9.47 Å². The van der Waals surface area contributed by atoms with Crippen LogP contribution in [0, 0.1) is 0 Å². The molecule has 0 bridgehead atoms. The molecule has 0 atom stereocenters. The lowest BCUT2D eigenvalue weighted by molar-refractivity contribution is -0.141. The maximum atomic E-state index is 11.5. The smallest absolute Gasteiger partial charge is 0.333 e. The predicted molar refractivity (Wildman–Crippen MR) is 134 cm³/mol. The quantitative estimate of drug-likeness (QED) is 0.274. The summed E-state index contributed by atoms with van der Waals surface area (Å²) in [6, 6.07) is 24.8. The molecule has 0 aliphatic rings. The molecule has 4 nitrogen and oxygen atoms in total. The molecule has 0 spiro atoms. The van der Waals surface area contributed by atoms with Crippen LogP contribution in [0.25, 0.3) is 0 Å². The van der Waals surface area contributed by atoms with Crippen molar-refractivity contribution in [2.75, 3.05) is 0 Å². The van der Waals surface area contributed by atoms with Gasteiger partial charge in [-0.1, -0.05) is 86.0 Å². The largest absolute Gasteiger partial charge is 0.457 e. The number of rotatable bonds is 10. The summed E-state index contributed by atoms with van der Waals surface area (Å²) in [5.41, 5.74) is 7.58. The lowest BCUT2D eigenvalue weighted by Crippen LogP contribution is -2.04. The SMILES string of the molecule is C=C(C)C(=O)OCc1ccc(Cc2ccc(Cc3ccc(COC(=O)C(=C)C)cc3)cc2)cc1. The highest BCUT2D eigenvalue weighted by Crippen LogP contribution is 2.16. The zero-order valence-corrected chi connectivity index (χ0v) is 19.8. The van der Waals surface area contributed by atoms with E-state index in [-0.39, 0.29) is 25.2 Å². The van der Waals surface area contributed by atoms with Gasteiger partial charge in [0.05, 0.1) is 0 Å². The Morgan fingerprint density at radius 2 is 0.765 bits per heavy atom. The fourth-order valence-corrected chi connectivity index (χ4v) is 3.30. The fourth-order valence-electron chi connectivity index (χ4n) is 3.30. The van der Waals surface area contributed by atoms with Crippen molar-refractivity contribution in [3.05, 3.63) is 130 Å². The molecular formula is C30H30O4. The minimum atomic E-state index is -0.371. The van der Waals surface area contributed by atoms with Crippen LogP contribution in [0.1, 0.15) is 47.2 Å². The number of ether oxygens (including phenoxy) is 2. The fraction of sp³-hybridized carbons (Fsp3) is 0.200. The number of hydrogen-bond donors (Lipinski definition) is 0. The van der Waals surface area contributed by atoms with Crippen molar-refractivity contribution in [2.24, 2.45) is 0 Å². The van der Waals surface area contributed by atoms with Crippen LogP contribution in [0.2, 0.25) is 0 Å². The normalized spacial score (nSPS) is 10.4. The molecule has 0 heterocycles. The molecule has 0 fully saturated rings. The zero-order valence-electron chi connectivity index (χ0n) is 19.8. The van der Waals surface area contributed by atoms with Crippen molar-refractivity contribution in [1.82, 2.24) is 0 Å². The monoisotopic (exact) mass is 454 g/mol. The highest BCUT2D eigenvalue weighted by molar-refractivity contribution is 5.87. The second-order valence-electron chi connectivity index (χ2n) is 8.52. The molecule has 0 aliphatic carbocycles. The first kappa shape index (κ1) is 24.7. The summed E-state index contributed by atoms with van der Waals surface area (Å²) in [7, 11) is 0. The maximum Gasteiger partial charge on any atom is 0.333 e.